The minimum atomic E-state index is -1.01. The zero-order chi connectivity index (χ0) is 18.6. The lowest BCUT2D eigenvalue weighted by molar-refractivity contribution is -0.150. The first kappa shape index (κ1) is 18.4. The van der Waals surface area contributed by atoms with Gasteiger partial charge in [-0.05, 0) is 31.9 Å². The van der Waals surface area contributed by atoms with Crippen molar-refractivity contribution in [3.8, 4) is 0 Å². The Hall–Kier alpha value is -2.90. The lowest BCUT2D eigenvalue weighted by atomic mass is 9.99. The molecule has 0 saturated carbocycles. The fraction of sp³-hybridized carbons (Fsp3) is 0.412. The minimum absolute atomic E-state index is 0.405. The molecule has 0 aromatic heterocycles. The van der Waals surface area contributed by atoms with Crippen molar-refractivity contribution in [2.45, 2.75) is 32.7 Å². The van der Waals surface area contributed by atoms with Gasteiger partial charge >= 0.3 is 12.0 Å². The van der Waals surface area contributed by atoms with Crippen molar-refractivity contribution in [3.05, 3.63) is 29.8 Å². The van der Waals surface area contributed by atoms with Gasteiger partial charge in [-0.3, -0.25) is 19.3 Å². The van der Waals surface area contributed by atoms with Crippen molar-refractivity contribution >= 4 is 29.5 Å². The summed E-state index contributed by atoms with van der Waals surface area (Å²) in [5.41, 5.74) is 0.483. The monoisotopic (exact) mass is 347 g/mol. The number of para-hydroxylation sites is 1. The highest BCUT2D eigenvalue weighted by molar-refractivity contribution is 6.08. The number of imide groups is 1. The van der Waals surface area contributed by atoms with E-state index in [9.17, 15) is 19.2 Å². The van der Waals surface area contributed by atoms with Gasteiger partial charge < -0.3 is 15.4 Å². The zero-order valence-electron chi connectivity index (χ0n) is 14.4. The fourth-order valence-corrected chi connectivity index (χ4v) is 2.35. The molecule has 1 aromatic rings. The highest BCUT2D eigenvalue weighted by Gasteiger charge is 2.47. The van der Waals surface area contributed by atoms with Gasteiger partial charge in [-0.25, -0.2) is 4.79 Å². The predicted octanol–water partition coefficient (Wildman–Crippen LogP) is 1.20. The average Bonchev–Trinajstić information content (AvgIpc) is 2.79. The molecule has 8 heteroatoms. The molecule has 8 nitrogen and oxygen atoms in total. The number of benzene rings is 1. The van der Waals surface area contributed by atoms with Crippen LogP contribution in [-0.4, -0.2) is 47.4 Å². The van der Waals surface area contributed by atoms with E-state index in [4.69, 9.17) is 4.74 Å². The number of carbonyl (C=O) groups is 4. The van der Waals surface area contributed by atoms with Crippen LogP contribution in [0.25, 0.3) is 0 Å². The molecule has 1 atom stereocenters. The maximum atomic E-state index is 12.2. The lowest BCUT2D eigenvalue weighted by Crippen LogP contribution is -2.43. The molecule has 1 fully saturated rings. The van der Waals surface area contributed by atoms with Crippen LogP contribution in [0.15, 0.2) is 24.3 Å². The molecule has 2 rings (SSSR count). The number of urea groups is 1. The van der Waals surface area contributed by atoms with Gasteiger partial charge in [0.05, 0.1) is 0 Å². The second kappa shape index (κ2) is 7.33. The van der Waals surface area contributed by atoms with Crippen molar-refractivity contribution in [2.75, 3.05) is 18.5 Å². The summed E-state index contributed by atoms with van der Waals surface area (Å²) in [4.78, 5) is 48.5. The minimum Gasteiger partial charge on any atom is -0.454 e. The Labute approximate surface area is 145 Å². The molecule has 1 aliphatic heterocycles. The Balaban J connectivity index is 1.85. The van der Waals surface area contributed by atoms with E-state index in [1.165, 1.54) is 0 Å². The first-order chi connectivity index (χ1) is 11.8. The number of esters is 1. The molecule has 4 amide bonds. The lowest BCUT2D eigenvalue weighted by Gasteiger charge is -2.18. The van der Waals surface area contributed by atoms with Gasteiger partial charge in [0.2, 0.25) is 0 Å². The van der Waals surface area contributed by atoms with E-state index in [1.807, 2.05) is 19.1 Å². The number of amides is 4. The molecule has 0 unspecified atom stereocenters. The molecule has 25 heavy (non-hydrogen) atoms. The number of nitrogens with one attached hydrogen (secondary N) is 2. The van der Waals surface area contributed by atoms with E-state index < -0.39 is 42.5 Å². The average molecular weight is 347 g/mol. The Morgan fingerprint density at radius 3 is 2.56 bits per heavy atom. The van der Waals surface area contributed by atoms with E-state index in [-0.39, 0.29) is 0 Å². The van der Waals surface area contributed by atoms with E-state index in [0.29, 0.717) is 12.1 Å². The third-order valence-corrected chi connectivity index (χ3v) is 4.12. The first-order valence-electron chi connectivity index (χ1n) is 7.92. The summed E-state index contributed by atoms with van der Waals surface area (Å²) in [6.07, 6.45) is 0.405. The largest absolute Gasteiger partial charge is 0.454 e. The Kier molecular flexibility index (Phi) is 5.41. The standard InChI is InChI=1S/C17H21N3O5/c1-4-17(3)15(23)20(16(24)19-17)9-14(22)25-10-13(21)18-12-8-6-5-7-11(12)2/h5-8H,4,9-10H2,1-3H3,(H,18,21)(H,19,24)/t17-/m1/s1. The van der Waals surface area contributed by atoms with Crippen LogP contribution in [0, 0.1) is 6.92 Å². The van der Waals surface area contributed by atoms with Crippen LogP contribution in [0.4, 0.5) is 10.5 Å². The van der Waals surface area contributed by atoms with Crippen LogP contribution in [0.1, 0.15) is 25.8 Å². The van der Waals surface area contributed by atoms with Gasteiger partial charge in [0.15, 0.2) is 6.61 Å². The first-order valence-corrected chi connectivity index (χ1v) is 7.92. The van der Waals surface area contributed by atoms with E-state index in [0.717, 1.165) is 10.5 Å². The van der Waals surface area contributed by atoms with Crippen LogP contribution in [0.3, 0.4) is 0 Å². The second-order valence-corrected chi connectivity index (χ2v) is 6.03. The Bertz CT molecular complexity index is 718. The summed E-state index contributed by atoms with van der Waals surface area (Å²) in [5.74, 6) is -1.82. The number of hydrogen-bond donors (Lipinski definition) is 2. The maximum Gasteiger partial charge on any atom is 0.326 e. The molecule has 1 aliphatic rings. The summed E-state index contributed by atoms with van der Waals surface area (Å²) >= 11 is 0. The van der Waals surface area contributed by atoms with Crippen molar-refractivity contribution in [1.29, 1.82) is 0 Å². The molecule has 1 saturated heterocycles. The van der Waals surface area contributed by atoms with Crippen LogP contribution in [0.5, 0.6) is 0 Å². The number of aryl methyl sites for hydroxylation is 1. The van der Waals surface area contributed by atoms with Gasteiger partial charge in [-0.15, -0.1) is 0 Å². The molecule has 134 valence electrons. The molecule has 2 N–H and O–H groups in total. The third kappa shape index (κ3) is 4.14. The number of hydrogen-bond acceptors (Lipinski definition) is 5. The summed E-state index contributed by atoms with van der Waals surface area (Å²) in [6.45, 7) is 4.16. The number of carbonyl (C=O) groups excluding carboxylic acids is 4. The molecule has 0 radical (unpaired) electrons. The number of rotatable bonds is 6. The highest BCUT2D eigenvalue weighted by Crippen LogP contribution is 2.20. The molecule has 0 aliphatic carbocycles. The third-order valence-electron chi connectivity index (χ3n) is 4.12. The zero-order valence-corrected chi connectivity index (χ0v) is 14.4. The van der Waals surface area contributed by atoms with Gasteiger partial charge in [0.1, 0.15) is 12.1 Å². The Morgan fingerprint density at radius 2 is 1.96 bits per heavy atom. The smallest absolute Gasteiger partial charge is 0.326 e. The molecule has 0 spiro atoms. The van der Waals surface area contributed by atoms with Gasteiger partial charge in [0.25, 0.3) is 11.8 Å². The molecular formula is C17H21N3O5. The number of ether oxygens (including phenoxy) is 1. The summed E-state index contributed by atoms with van der Waals surface area (Å²) < 4.78 is 4.85. The van der Waals surface area contributed by atoms with Gasteiger partial charge in [0, 0.05) is 5.69 Å². The molecule has 1 aromatic carbocycles. The van der Waals surface area contributed by atoms with Crippen LogP contribution in [-0.2, 0) is 19.1 Å². The van der Waals surface area contributed by atoms with Crippen LogP contribution < -0.4 is 10.6 Å². The Morgan fingerprint density at radius 1 is 1.28 bits per heavy atom. The van der Waals surface area contributed by atoms with Crippen molar-refractivity contribution in [2.24, 2.45) is 0 Å². The molecule has 1 heterocycles. The highest BCUT2D eigenvalue weighted by atomic mass is 16.5. The number of nitrogens with zero attached hydrogens (tertiary/aromatic N) is 1. The molecule has 0 bridgehead atoms. The van der Waals surface area contributed by atoms with Gasteiger partial charge in [-0.1, -0.05) is 25.1 Å². The topological polar surface area (TPSA) is 105 Å². The van der Waals surface area contributed by atoms with E-state index in [2.05, 4.69) is 10.6 Å². The number of anilines is 1. The van der Waals surface area contributed by atoms with Gasteiger partial charge in [-0.2, -0.15) is 0 Å². The second-order valence-electron chi connectivity index (χ2n) is 6.03. The predicted molar refractivity (Wildman–Crippen MR) is 89.7 cm³/mol. The fourth-order valence-electron chi connectivity index (χ4n) is 2.35. The van der Waals surface area contributed by atoms with Crippen molar-refractivity contribution in [3.63, 3.8) is 0 Å². The van der Waals surface area contributed by atoms with E-state index >= 15 is 0 Å². The normalized spacial score (nSPS) is 19.6. The summed E-state index contributed by atoms with van der Waals surface area (Å²) in [5, 5.41) is 5.16. The van der Waals surface area contributed by atoms with Crippen LogP contribution in [0.2, 0.25) is 0 Å². The van der Waals surface area contributed by atoms with E-state index in [1.54, 1.807) is 26.0 Å². The quantitative estimate of drug-likeness (QED) is 0.594. The summed E-state index contributed by atoms with van der Waals surface area (Å²) in [6, 6.07) is 6.54. The molecular weight excluding hydrogens is 326 g/mol. The SMILES string of the molecule is CC[C@@]1(C)NC(=O)N(CC(=O)OCC(=O)Nc2ccccc2C)C1=O. The maximum absolute atomic E-state index is 12.2. The van der Waals surface area contributed by atoms with Crippen molar-refractivity contribution < 1.29 is 23.9 Å². The van der Waals surface area contributed by atoms with Crippen molar-refractivity contribution in [1.82, 2.24) is 10.2 Å². The summed E-state index contributed by atoms with van der Waals surface area (Å²) in [7, 11) is 0. The van der Waals surface area contributed by atoms with Crippen LogP contribution >= 0.6 is 0 Å².